The fraction of sp³-hybridized carbons (Fsp3) is 0.143. The minimum Gasteiger partial charge on any atom is -0.508 e. The summed E-state index contributed by atoms with van der Waals surface area (Å²) in [6.07, 6.45) is 3.98. The van der Waals surface area contributed by atoms with Crippen LogP contribution in [-0.4, -0.2) is 22.7 Å². The lowest BCUT2D eigenvalue weighted by atomic mass is 10.1. The minimum atomic E-state index is 0.258. The van der Waals surface area contributed by atoms with E-state index in [9.17, 15) is 10.2 Å². The third-order valence-corrected chi connectivity index (χ3v) is 4.17. The molecule has 0 bridgehead atoms. The number of phenolic OH excluding ortho intramolecular Hbond substituents is 2. The van der Waals surface area contributed by atoms with E-state index >= 15 is 0 Å². The summed E-state index contributed by atoms with van der Waals surface area (Å²) >= 11 is 3.20. The summed E-state index contributed by atoms with van der Waals surface area (Å²) in [4.78, 5) is 2.06. The summed E-state index contributed by atoms with van der Waals surface area (Å²) in [5, 5.41) is 19.1. The standard InChI is InChI=1S/C14H14O2S2/c1-17-12-7-11(16)8-13(18-2)14(12)9-3-5-10(15)6-4-9/h3-8,15-16H,1-2H3. The Morgan fingerprint density at radius 2 is 1.28 bits per heavy atom. The fourth-order valence-corrected chi connectivity index (χ4v) is 3.22. The number of aromatic hydroxyl groups is 2. The van der Waals surface area contributed by atoms with Crippen LogP contribution in [0, 0.1) is 0 Å². The van der Waals surface area contributed by atoms with Crippen LogP contribution in [0.25, 0.3) is 11.1 Å². The second kappa shape index (κ2) is 5.59. The zero-order valence-corrected chi connectivity index (χ0v) is 11.8. The average Bonchev–Trinajstić information content (AvgIpc) is 2.39. The minimum absolute atomic E-state index is 0.258. The van der Waals surface area contributed by atoms with E-state index in [-0.39, 0.29) is 11.5 Å². The van der Waals surface area contributed by atoms with E-state index < -0.39 is 0 Å². The summed E-state index contributed by atoms with van der Waals surface area (Å²) in [5.41, 5.74) is 2.15. The van der Waals surface area contributed by atoms with Crippen molar-refractivity contribution in [3.63, 3.8) is 0 Å². The monoisotopic (exact) mass is 278 g/mol. The molecule has 94 valence electrons. The first-order valence-electron chi connectivity index (χ1n) is 5.40. The van der Waals surface area contributed by atoms with Crippen molar-refractivity contribution in [1.29, 1.82) is 0 Å². The molecule has 0 saturated heterocycles. The van der Waals surface area contributed by atoms with Gasteiger partial charge in [-0.1, -0.05) is 12.1 Å². The van der Waals surface area contributed by atoms with Crippen molar-refractivity contribution < 1.29 is 10.2 Å². The number of benzene rings is 2. The zero-order chi connectivity index (χ0) is 13.1. The molecule has 0 aliphatic heterocycles. The Morgan fingerprint density at radius 1 is 0.778 bits per heavy atom. The van der Waals surface area contributed by atoms with Crippen LogP contribution in [0.4, 0.5) is 0 Å². The molecule has 0 atom stereocenters. The maximum Gasteiger partial charge on any atom is 0.117 e. The molecule has 0 radical (unpaired) electrons. The van der Waals surface area contributed by atoms with Crippen molar-refractivity contribution in [3.05, 3.63) is 36.4 Å². The maximum atomic E-state index is 9.70. The highest BCUT2D eigenvalue weighted by atomic mass is 32.2. The van der Waals surface area contributed by atoms with E-state index in [0.717, 1.165) is 20.9 Å². The highest BCUT2D eigenvalue weighted by Gasteiger charge is 2.12. The van der Waals surface area contributed by atoms with Gasteiger partial charge in [-0.2, -0.15) is 0 Å². The van der Waals surface area contributed by atoms with Gasteiger partial charge in [0.2, 0.25) is 0 Å². The van der Waals surface area contributed by atoms with Gasteiger partial charge >= 0.3 is 0 Å². The summed E-state index contributed by atoms with van der Waals surface area (Å²) in [6, 6.07) is 10.7. The Morgan fingerprint density at radius 3 is 1.72 bits per heavy atom. The van der Waals surface area contributed by atoms with Gasteiger partial charge in [0, 0.05) is 15.4 Å². The zero-order valence-electron chi connectivity index (χ0n) is 10.2. The number of phenols is 2. The molecule has 0 aromatic heterocycles. The Labute approximate surface area is 115 Å². The summed E-state index contributed by atoms with van der Waals surface area (Å²) in [6.45, 7) is 0. The van der Waals surface area contributed by atoms with E-state index in [1.807, 2.05) is 24.6 Å². The molecule has 2 aromatic rings. The van der Waals surface area contributed by atoms with Crippen molar-refractivity contribution in [2.45, 2.75) is 9.79 Å². The van der Waals surface area contributed by atoms with Gasteiger partial charge in [-0.05, 0) is 42.3 Å². The van der Waals surface area contributed by atoms with Gasteiger partial charge in [-0.3, -0.25) is 0 Å². The highest BCUT2D eigenvalue weighted by Crippen LogP contribution is 2.40. The second-order valence-electron chi connectivity index (χ2n) is 3.77. The summed E-state index contributed by atoms with van der Waals surface area (Å²) < 4.78 is 0. The molecule has 18 heavy (non-hydrogen) atoms. The molecule has 2 N–H and O–H groups in total. The van der Waals surface area contributed by atoms with E-state index in [2.05, 4.69) is 0 Å². The molecule has 2 nitrogen and oxygen atoms in total. The molecule has 0 aliphatic carbocycles. The number of hydrogen-bond donors (Lipinski definition) is 2. The Hall–Kier alpha value is -1.26. The van der Waals surface area contributed by atoms with Gasteiger partial charge in [0.25, 0.3) is 0 Å². The smallest absolute Gasteiger partial charge is 0.117 e. The first kappa shape index (κ1) is 13.2. The van der Waals surface area contributed by atoms with Gasteiger partial charge in [0.1, 0.15) is 11.5 Å². The average molecular weight is 278 g/mol. The molecule has 0 aliphatic rings. The molecule has 4 heteroatoms. The van der Waals surface area contributed by atoms with Crippen LogP contribution < -0.4 is 0 Å². The quantitative estimate of drug-likeness (QED) is 0.825. The number of thioether (sulfide) groups is 2. The molecule has 2 rings (SSSR count). The molecule has 0 fully saturated rings. The van der Waals surface area contributed by atoms with E-state index in [1.165, 1.54) is 0 Å². The molecule has 0 amide bonds. The lowest BCUT2D eigenvalue weighted by molar-refractivity contribution is 0.472. The normalized spacial score (nSPS) is 10.6. The molecule has 0 spiro atoms. The van der Waals surface area contributed by atoms with Crippen LogP contribution in [0.1, 0.15) is 0 Å². The molecular formula is C14H14O2S2. The van der Waals surface area contributed by atoms with Crippen molar-refractivity contribution in [2.24, 2.45) is 0 Å². The summed E-state index contributed by atoms with van der Waals surface area (Å²) in [5.74, 6) is 0.542. The maximum absolute atomic E-state index is 9.70. The van der Waals surface area contributed by atoms with Gasteiger partial charge in [-0.25, -0.2) is 0 Å². The Kier molecular flexibility index (Phi) is 4.09. The SMILES string of the molecule is CSc1cc(O)cc(SC)c1-c1ccc(O)cc1. The Balaban J connectivity index is 2.64. The topological polar surface area (TPSA) is 40.5 Å². The van der Waals surface area contributed by atoms with E-state index in [1.54, 1.807) is 47.8 Å². The molecule has 2 aromatic carbocycles. The number of rotatable bonds is 3. The van der Waals surface area contributed by atoms with Gasteiger partial charge in [-0.15, -0.1) is 23.5 Å². The molecular weight excluding hydrogens is 264 g/mol. The largest absolute Gasteiger partial charge is 0.508 e. The number of hydrogen-bond acceptors (Lipinski definition) is 4. The third kappa shape index (κ3) is 2.60. The van der Waals surface area contributed by atoms with Crippen molar-refractivity contribution >= 4 is 23.5 Å². The molecule has 0 heterocycles. The fourth-order valence-electron chi connectivity index (χ4n) is 1.81. The van der Waals surface area contributed by atoms with Crippen molar-refractivity contribution in [2.75, 3.05) is 12.5 Å². The molecule has 0 saturated carbocycles. The Bertz CT molecular complexity index is 525. The first-order valence-corrected chi connectivity index (χ1v) is 7.85. The van der Waals surface area contributed by atoms with Crippen molar-refractivity contribution in [1.82, 2.24) is 0 Å². The van der Waals surface area contributed by atoms with Gasteiger partial charge in [0.05, 0.1) is 0 Å². The third-order valence-electron chi connectivity index (χ3n) is 2.65. The van der Waals surface area contributed by atoms with Crippen molar-refractivity contribution in [3.8, 4) is 22.6 Å². The lowest BCUT2D eigenvalue weighted by Crippen LogP contribution is -1.86. The van der Waals surface area contributed by atoms with Crippen LogP contribution >= 0.6 is 23.5 Å². The first-order chi connectivity index (χ1) is 8.65. The summed E-state index contributed by atoms with van der Waals surface area (Å²) in [7, 11) is 0. The lowest BCUT2D eigenvalue weighted by Gasteiger charge is -2.13. The van der Waals surface area contributed by atoms with E-state index in [0.29, 0.717) is 0 Å². The van der Waals surface area contributed by atoms with Gasteiger partial charge < -0.3 is 10.2 Å². The van der Waals surface area contributed by atoms with Crippen LogP contribution in [0.15, 0.2) is 46.2 Å². The van der Waals surface area contributed by atoms with Crippen LogP contribution in [0.2, 0.25) is 0 Å². The highest BCUT2D eigenvalue weighted by molar-refractivity contribution is 7.99. The van der Waals surface area contributed by atoms with Gasteiger partial charge in [0.15, 0.2) is 0 Å². The van der Waals surface area contributed by atoms with E-state index in [4.69, 9.17) is 0 Å². The predicted molar refractivity (Wildman–Crippen MR) is 78.8 cm³/mol. The molecule has 0 unspecified atom stereocenters. The van der Waals surface area contributed by atoms with Crippen LogP contribution in [0.5, 0.6) is 11.5 Å². The second-order valence-corrected chi connectivity index (χ2v) is 5.47. The van der Waals surface area contributed by atoms with Crippen LogP contribution in [-0.2, 0) is 0 Å². The predicted octanol–water partition coefficient (Wildman–Crippen LogP) is 4.21. The van der Waals surface area contributed by atoms with Crippen LogP contribution in [0.3, 0.4) is 0 Å².